The molecule has 1 saturated carbocycles. The van der Waals surface area contributed by atoms with Gasteiger partial charge in [-0.05, 0) is 99.1 Å². The van der Waals surface area contributed by atoms with Gasteiger partial charge in [0.2, 0.25) is 5.91 Å². The predicted molar refractivity (Wildman–Crippen MR) is 215 cm³/mol. The van der Waals surface area contributed by atoms with Crippen molar-refractivity contribution < 1.29 is 37.1 Å². The first-order valence-electron chi connectivity index (χ1n) is 20.1. The highest BCUT2D eigenvalue weighted by molar-refractivity contribution is 6.34. The lowest BCUT2D eigenvalue weighted by Gasteiger charge is -2.47. The lowest BCUT2D eigenvalue weighted by atomic mass is 9.65. The minimum absolute atomic E-state index is 0.0743. The number of amides is 5. The fourth-order valence-electron chi connectivity index (χ4n) is 9.15. The van der Waals surface area contributed by atoms with Gasteiger partial charge in [-0.1, -0.05) is 17.7 Å². The molecule has 0 atom stereocenters. The molecule has 1 aliphatic carbocycles. The lowest BCUT2D eigenvalue weighted by Crippen LogP contribution is -2.49. The fourth-order valence-corrected chi connectivity index (χ4v) is 9.37. The zero-order valence-corrected chi connectivity index (χ0v) is 33.4. The molecule has 13 nitrogen and oxygen atoms in total. The number of halogens is 4. The van der Waals surface area contributed by atoms with E-state index in [9.17, 15) is 32.3 Å². The number of aromatic nitrogens is 3. The largest absolute Gasteiger partial charge is 0.494 e. The smallest absolute Gasteiger partial charge is 0.433 e. The molecule has 4 aromatic rings. The minimum Gasteiger partial charge on any atom is -0.494 e. The summed E-state index contributed by atoms with van der Waals surface area (Å²) in [6.45, 7) is 4.57. The molecule has 3 aliphatic heterocycles. The van der Waals surface area contributed by atoms with E-state index in [4.69, 9.17) is 21.4 Å². The van der Waals surface area contributed by atoms with Crippen molar-refractivity contribution >= 4 is 57.6 Å². The number of anilines is 2. The zero-order valence-electron chi connectivity index (χ0n) is 32.7. The third-order valence-electron chi connectivity index (χ3n) is 12.6. The van der Waals surface area contributed by atoms with Crippen molar-refractivity contribution in [3.05, 3.63) is 76.7 Å². The summed E-state index contributed by atoms with van der Waals surface area (Å²) in [5, 5.41) is 10.9. The molecule has 0 bridgehead atoms. The number of urea groups is 1. The van der Waals surface area contributed by atoms with Crippen molar-refractivity contribution in [2.24, 2.45) is 11.3 Å². The standard InChI is InChI=1S/C42H46ClF3N8O5/c1-59-35-23-32-28(21-33(35)48-38(56)31-3-2-4-36(47-31)42(44,45)46)25-54(50-32)29-9-16-51(17-10-29)24-26-7-12-41(13-8-26)14-19-52(20-15-41)39(57)27-5-6-30(43)34(22-27)53-18-11-37(55)49-40(53)58/h2-6,21-23,25-26,29H,7-20,24H2,1H3,(H,48,56)(H,49,55,58). The number of pyridine rings is 1. The number of carbonyl (C=O) groups is 4. The summed E-state index contributed by atoms with van der Waals surface area (Å²) in [7, 11) is 1.45. The fraction of sp³-hybridized carbons (Fsp3) is 0.476. The van der Waals surface area contributed by atoms with Gasteiger partial charge in [0, 0.05) is 68.9 Å². The summed E-state index contributed by atoms with van der Waals surface area (Å²) in [4.78, 5) is 59.9. The van der Waals surface area contributed by atoms with E-state index in [-0.39, 0.29) is 41.9 Å². The number of piperidine rings is 2. The second kappa shape index (κ2) is 16.4. The summed E-state index contributed by atoms with van der Waals surface area (Å²) in [5.74, 6) is -0.217. The van der Waals surface area contributed by atoms with Crippen LogP contribution in [0.2, 0.25) is 5.02 Å². The summed E-state index contributed by atoms with van der Waals surface area (Å²) in [5.41, 5.74) is 0.660. The first kappa shape index (κ1) is 40.6. The average Bonchev–Trinajstić information content (AvgIpc) is 3.65. The van der Waals surface area contributed by atoms with Crippen LogP contribution in [0.4, 0.5) is 29.3 Å². The Morgan fingerprint density at radius 2 is 1.71 bits per heavy atom. The maximum Gasteiger partial charge on any atom is 0.433 e. The van der Waals surface area contributed by atoms with Crippen LogP contribution in [-0.4, -0.2) is 94.7 Å². The maximum absolute atomic E-state index is 13.6. The van der Waals surface area contributed by atoms with Crippen LogP contribution in [0.3, 0.4) is 0 Å². The summed E-state index contributed by atoms with van der Waals surface area (Å²) in [6.07, 6.45) is 5.93. The molecule has 1 spiro atoms. The van der Waals surface area contributed by atoms with Crippen molar-refractivity contribution in [3.63, 3.8) is 0 Å². The van der Waals surface area contributed by atoms with Gasteiger partial charge < -0.3 is 19.9 Å². The molecule has 0 radical (unpaired) electrons. The molecule has 0 unspecified atom stereocenters. The van der Waals surface area contributed by atoms with Gasteiger partial charge in [0.05, 0.1) is 35.1 Å². The van der Waals surface area contributed by atoms with E-state index < -0.39 is 23.8 Å². The van der Waals surface area contributed by atoms with Crippen LogP contribution in [-0.2, 0) is 11.0 Å². The number of alkyl halides is 3. The molecule has 2 aromatic carbocycles. The number of rotatable bonds is 8. The topological polar surface area (TPSA) is 142 Å². The Hall–Kier alpha value is -5.22. The zero-order chi connectivity index (χ0) is 41.5. The van der Waals surface area contributed by atoms with Gasteiger partial charge in [0.15, 0.2) is 0 Å². The van der Waals surface area contributed by atoms with Gasteiger partial charge in [-0.2, -0.15) is 18.3 Å². The van der Waals surface area contributed by atoms with E-state index >= 15 is 0 Å². The first-order valence-corrected chi connectivity index (χ1v) is 20.5. The van der Waals surface area contributed by atoms with E-state index in [1.807, 2.05) is 15.8 Å². The van der Waals surface area contributed by atoms with Crippen molar-refractivity contribution in [2.45, 2.75) is 70.0 Å². The number of nitrogens with zero attached hydrogens (tertiary/aromatic N) is 6. The van der Waals surface area contributed by atoms with Gasteiger partial charge in [-0.3, -0.25) is 29.3 Å². The Kier molecular flexibility index (Phi) is 11.3. The number of carbonyl (C=O) groups excluding carboxylic acids is 4. The molecule has 3 saturated heterocycles. The predicted octanol–water partition coefficient (Wildman–Crippen LogP) is 7.56. The van der Waals surface area contributed by atoms with Crippen molar-refractivity contribution in [1.82, 2.24) is 29.9 Å². The number of hydrogen-bond donors (Lipinski definition) is 2. The van der Waals surface area contributed by atoms with Crippen LogP contribution in [0, 0.1) is 11.3 Å². The Balaban J connectivity index is 0.808. The molecule has 2 N–H and O–H groups in total. The minimum atomic E-state index is -4.67. The van der Waals surface area contributed by atoms with Crippen LogP contribution in [0.1, 0.15) is 90.4 Å². The first-order chi connectivity index (χ1) is 28.3. The molecule has 5 amide bonds. The molecule has 4 fully saturated rings. The quantitative estimate of drug-likeness (QED) is 0.185. The Labute approximate surface area is 344 Å². The van der Waals surface area contributed by atoms with E-state index in [2.05, 4.69) is 20.5 Å². The van der Waals surface area contributed by atoms with Gasteiger partial charge in [-0.25, -0.2) is 9.78 Å². The molecule has 59 heavy (non-hydrogen) atoms. The number of hydrogen-bond acceptors (Lipinski definition) is 8. The Bertz CT molecular complexity index is 2260. The molecular weight excluding hydrogens is 789 g/mol. The molecular formula is C42H46ClF3N8O5. The monoisotopic (exact) mass is 834 g/mol. The van der Waals surface area contributed by atoms with Crippen molar-refractivity contribution in [1.29, 1.82) is 0 Å². The van der Waals surface area contributed by atoms with Gasteiger partial charge in [-0.15, -0.1) is 0 Å². The van der Waals surface area contributed by atoms with Crippen molar-refractivity contribution in [3.8, 4) is 5.75 Å². The maximum atomic E-state index is 13.6. The second-order valence-electron chi connectivity index (χ2n) is 16.3. The highest BCUT2D eigenvalue weighted by Crippen LogP contribution is 2.47. The summed E-state index contributed by atoms with van der Waals surface area (Å²) in [6, 6.07) is 11.3. The van der Waals surface area contributed by atoms with Crippen LogP contribution >= 0.6 is 11.6 Å². The third kappa shape index (κ3) is 8.74. The average molecular weight is 835 g/mol. The number of likely N-dealkylation sites (tertiary alicyclic amines) is 2. The van der Waals surface area contributed by atoms with Crippen LogP contribution < -0.4 is 20.3 Å². The Morgan fingerprint density at radius 3 is 2.41 bits per heavy atom. The van der Waals surface area contributed by atoms with Crippen LogP contribution in [0.15, 0.2) is 54.7 Å². The molecule has 4 aliphatic rings. The van der Waals surface area contributed by atoms with E-state index in [0.717, 1.165) is 75.7 Å². The normalized spacial score (nSPS) is 19.6. The van der Waals surface area contributed by atoms with Gasteiger partial charge in [0.25, 0.3) is 11.8 Å². The number of imide groups is 1. The lowest BCUT2D eigenvalue weighted by molar-refractivity contribution is -0.141. The number of benzene rings is 2. The van der Waals surface area contributed by atoms with Crippen molar-refractivity contribution in [2.75, 3.05) is 56.6 Å². The molecule has 5 heterocycles. The van der Waals surface area contributed by atoms with Crippen LogP contribution in [0.5, 0.6) is 5.75 Å². The number of nitrogens with one attached hydrogen (secondary N) is 2. The van der Waals surface area contributed by atoms with E-state index in [1.165, 1.54) is 30.9 Å². The molecule has 8 rings (SSSR count). The van der Waals surface area contributed by atoms with Crippen LogP contribution in [0.25, 0.3) is 10.9 Å². The molecule has 17 heteroatoms. The third-order valence-corrected chi connectivity index (χ3v) is 12.9. The highest BCUT2D eigenvalue weighted by Gasteiger charge is 2.40. The van der Waals surface area contributed by atoms with E-state index in [0.29, 0.717) is 52.2 Å². The molecule has 2 aromatic heterocycles. The second-order valence-corrected chi connectivity index (χ2v) is 16.7. The summed E-state index contributed by atoms with van der Waals surface area (Å²) >= 11 is 6.41. The molecule has 312 valence electrons. The van der Waals surface area contributed by atoms with Gasteiger partial charge >= 0.3 is 12.2 Å². The number of methoxy groups -OCH3 is 1. The Morgan fingerprint density at radius 1 is 0.966 bits per heavy atom. The number of ether oxygens (including phenoxy) is 1. The SMILES string of the molecule is COc1cc2nn(C3CCN(CC4CCC5(CC4)CCN(C(=O)c4ccc(Cl)c(N6CCC(=O)NC6=O)c4)CC5)CC3)cc2cc1NC(=O)c1cccc(C(F)(F)F)n1. The number of fused-ring (bicyclic) bond motifs is 1. The summed E-state index contributed by atoms with van der Waals surface area (Å²) < 4.78 is 47.0. The van der Waals surface area contributed by atoms with E-state index in [1.54, 1.807) is 30.3 Å². The highest BCUT2D eigenvalue weighted by atomic mass is 35.5. The van der Waals surface area contributed by atoms with Gasteiger partial charge in [0.1, 0.15) is 17.1 Å².